The number of nitrogens with one attached hydrogen (secondary N) is 3. The molecule has 1 aliphatic rings. The molecule has 2 aromatic rings. The fraction of sp³-hybridized carbons (Fsp3) is 0.435. The second-order valence-corrected chi connectivity index (χ2v) is 9.88. The maximum absolute atomic E-state index is 13.0. The molecule has 1 fully saturated rings. The number of hydrogen-bond donors (Lipinski definition) is 3. The molecule has 0 spiro atoms. The third-order valence-corrected chi connectivity index (χ3v) is 7.58. The Morgan fingerprint density at radius 3 is 2.37 bits per heavy atom. The van der Waals surface area contributed by atoms with Crippen molar-refractivity contribution in [1.29, 1.82) is 0 Å². The summed E-state index contributed by atoms with van der Waals surface area (Å²) in [7, 11) is -3.65. The van der Waals surface area contributed by atoms with Crippen molar-refractivity contribution in [1.82, 2.24) is 10.0 Å². The molecule has 2 aromatic carbocycles. The van der Waals surface area contributed by atoms with Crippen molar-refractivity contribution in [2.24, 2.45) is 5.92 Å². The third kappa shape index (κ3) is 5.09. The summed E-state index contributed by atoms with van der Waals surface area (Å²) in [6.07, 6.45) is 1.93. The summed E-state index contributed by atoms with van der Waals surface area (Å²) >= 11 is 0. The Morgan fingerprint density at radius 1 is 1.03 bits per heavy atom. The van der Waals surface area contributed by atoms with E-state index < -0.39 is 10.0 Å². The van der Waals surface area contributed by atoms with Crippen molar-refractivity contribution >= 4 is 21.6 Å². The molecule has 1 saturated heterocycles. The van der Waals surface area contributed by atoms with E-state index in [4.69, 9.17) is 0 Å². The first-order valence-corrected chi connectivity index (χ1v) is 11.9. The molecule has 0 unspecified atom stereocenters. The van der Waals surface area contributed by atoms with E-state index in [0.717, 1.165) is 31.5 Å². The number of benzene rings is 2. The molecule has 1 heterocycles. The van der Waals surface area contributed by atoms with Gasteiger partial charge in [-0.3, -0.25) is 4.79 Å². The summed E-state index contributed by atoms with van der Waals surface area (Å²) in [4.78, 5) is 12.9. The summed E-state index contributed by atoms with van der Waals surface area (Å²) in [6, 6.07) is 10.6. The predicted molar refractivity (Wildman–Crippen MR) is 120 cm³/mol. The van der Waals surface area contributed by atoms with E-state index in [0.29, 0.717) is 28.3 Å². The number of carbonyl (C=O) groups excluding carboxylic acids is 1. The topological polar surface area (TPSA) is 87.3 Å². The monoisotopic (exact) mass is 429 g/mol. The van der Waals surface area contributed by atoms with Gasteiger partial charge in [-0.1, -0.05) is 18.2 Å². The minimum Gasteiger partial charge on any atom is -0.322 e. The van der Waals surface area contributed by atoms with Crippen LogP contribution in [0.2, 0.25) is 0 Å². The van der Waals surface area contributed by atoms with Crippen LogP contribution in [0, 0.1) is 26.7 Å². The summed E-state index contributed by atoms with van der Waals surface area (Å²) in [5, 5.41) is 6.22. The van der Waals surface area contributed by atoms with Crippen LogP contribution in [-0.2, 0) is 10.0 Å². The second kappa shape index (κ2) is 9.29. The normalized spacial score (nSPS) is 16.3. The molecule has 3 rings (SSSR count). The Bertz CT molecular complexity index is 1030. The molecule has 0 saturated carbocycles. The van der Waals surface area contributed by atoms with Crippen molar-refractivity contribution in [3.05, 3.63) is 58.7 Å². The van der Waals surface area contributed by atoms with Crippen LogP contribution in [0.1, 0.15) is 46.8 Å². The number of piperidine rings is 1. The lowest BCUT2D eigenvalue weighted by atomic mass is 9.92. The van der Waals surface area contributed by atoms with Gasteiger partial charge in [0.2, 0.25) is 10.0 Å². The first-order chi connectivity index (χ1) is 14.2. The fourth-order valence-corrected chi connectivity index (χ4v) is 5.60. The molecular weight excluding hydrogens is 398 g/mol. The van der Waals surface area contributed by atoms with Gasteiger partial charge in [-0.2, -0.15) is 0 Å². The van der Waals surface area contributed by atoms with E-state index in [9.17, 15) is 13.2 Å². The van der Waals surface area contributed by atoms with Crippen LogP contribution in [0.4, 0.5) is 5.69 Å². The zero-order valence-electron chi connectivity index (χ0n) is 18.1. The second-order valence-electron chi connectivity index (χ2n) is 8.20. The standard InChI is InChI=1S/C23H31N3O3S/c1-15-7-5-6-8-20(15)23(27)25-21-13-17(3)22(14-16(21)2)30(28,29)26-18(4)19-9-11-24-12-10-19/h5-8,13-14,18-19,24,26H,9-12H2,1-4H3,(H,25,27)/t18-/m1/s1. The molecule has 3 N–H and O–H groups in total. The average Bonchev–Trinajstić information content (AvgIpc) is 2.71. The maximum Gasteiger partial charge on any atom is 0.255 e. The molecule has 1 atom stereocenters. The van der Waals surface area contributed by atoms with Crippen molar-refractivity contribution in [3.63, 3.8) is 0 Å². The molecule has 30 heavy (non-hydrogen) atoms. The molecule has 0 aliphatic carbocycles. The van der Waals surface area contributed by atoms with Gasteiger partial charge in [-0.15, -0.1) is 0 Å². The Hall–Kier alpha value is -2.22. The van der Waals surface area contributed by atoms with Crippen LogP contribution in [0.3, 0.4) is 0 Å². The molecule has 6 nitrogen and oxygen atoms in total. The number of aryl methyl sites for hydroxylation is 3. The molecule has 0 radical (unpaired) electrons. The molecule has 162 valence electrons. The van der Waals surface area contributed by atoms with Gasteiger partial charge in [0, 0.05) is 17.3 Å². The molecule has 7 heteroatoms. The van der Waals surface area contributed by atoms with Crippen LogP contribution < -0.4 is 15.4 Å². The van der Waals surface area contributed by atoms with E-state index in [1.54, 1.807) is 25.1 Å². The van der Waals surface area contributed by atoms with Gasteiger partial charge < -0.3 is 10.6 Å². The highest BCUT2D eigenvalue weighted by Crippen LogP contribution is 2.26. The van der Waals surface area contributed by atoms with Crippen LogP contribution in [0.15, 0.2) is 41.3 Å². The Labute approximate surface area is 179 Å². The third-order valence-electron chi connectivity index (χ3n) is 5.88. The van der Waals surface area contributed by atoms with E-state index in [1.807, 2.05) is 39.0 Å². The smallest absolute Gasteiger partial charge is 0.255 e. The van der Waals surface area contributed by atoms with Crippen molar-refractivity contribution < 1.29 is 13.2 Å². The quantitative estimate of drug-likeness (QED) is 0.656. The largest absolute Gasteiger partial charge is 0.322 e. The maximum atomic E-state index is 13.0. The number of hydrogen-bond acceptors (Lipinski definition) is 4. The SMILES string of the molecule is Cc1cc(S(=O)(=O)N[C@H](C)C2CCNCC2)c(C)cc1NC(=O)c1ccccc1C. The predicted octanol–water partition coefficient (Wildman–Crippen LogP) is 3.53. The van der Waals surface area contributed by atoms with Gasteiger partial charge in [0.25, 0.3) is 5.91 Å². The highest BCUT2D eigenvalue weighted by molar-refractivity contribution is 7.89. The van der Waals surface area contributed by atoms with Gasteiger partial charge in [-0.05, 0) is 94.4 Å². The number of carbonyl (C=O) groups is 1. The zero-order valence-corrected chi connectivity index (χ0v) is 18.9. The summed E-state index contributed by atoms with van der Waals surface area (Å²) in [6.45, 7) is 9.23. The summed E-state index contributed by atoms with van der Waals surface area (Å²) in [5.74, 6) is 0.124. The van der Waals surface area contributed by atoms with E-state index in [2.05, 4.69) is 15.4 Å². The molecule has 1 aliphatic heterocycles. The van der Waals surface area contributed by atoms with Crippen LogP contribution in [0.25, 0.3) is 0 Å². The molecule has 0 bridgehead atoms. The van der Waals surface area contributed by atoms with Crippen molar-refractivity contribution in [2.45, 2.75) is 51.5 Å². The molecule has 1 amide bonds. The van der Waals surface area contributed by atoms with Crippen LogP contribution >= 0.6 is 0 Å². The van der Waals surface area contributed by atoms with Gasteiger partial charge in [-0.25, -0.2) is 13.1 Å². The van der Waals surface area contributed by atoms with Gasteiger partial charge >= 0.3 is 0 Å². The highest BCUT2D eigenvalue weighted by atomic mass is 32.2. The van der Waals surface area contributed by atoms with Gasteiger partial charge in [0.15, 0.2) is 0 Å². The lowest BCUT2D eigenvalue weighted by Crippen LogP contribution is -2.42. The van der Waals surface area contributed by atoms with Crippen LogP contribution in [0.5, 0.6) is 0 Å². The van der Waals surface area contributed by atoms with E-state index >= 15 is 0 Å². The Morgan fingerprint density at radius 2 is 1.70 bits per heavy atom. The first kappa shape index (κ1) is 22.5. The fourth-order valence-electron chi connectivity index (χ4n) is 3.98. The Kier molecular flexibility index (Phi) is 6.95. The first-order valence-electron chi connectivity index (χ1n) is 10.4. The lowest BCUT2D eigenvalue weighted by molar-refractivity contribution is 0.102. The average molecular weight is 430 g/mol. The van der Waals surface area contributed by atoms with E-state index in [-0.39, 0.29) is 16.8 Å². The summed E-state index contributed by atoms with van der Waals surface area (Å²) in [5.41, 5.74) is 3.41. The number of sulfonamides is 1. The van der Waals surface area contributed by atoms with E-state index in [1.165, 1.54) is 0 Å². The van der Waals surface area contributed by atoms with Crippen molar-refractivity contribution in [3.8, 4) is 0 Å². The highest BCUT2D eigenvalue weighted by Gasteiger charge is 2.26. The Balaban J connectivity index is 1.79. The van der Waals surface area contributed by atoms with Crippen molar-refractivity contribution in [2.75, 3.05) is 18.4 Å². The van der Waals surface area contributed by atoms with Gasteiger partial charge in [0.05, 0.1) is 4.90 Å². The minimum absolute atomic E-state index is 0.128. The zero-order chi connectivity index (χ0) is 21.9. The molecular formula is C23H31N3O3S. The minimum atomic E-state index is -3.65. The number of amides is 1. The lowest BCUT2D eigenvalue weighted by Gasteiger charge is -2.29. The number of rotatable bonds is 6. The summed E-state index contributed by atoms with van der Waals surface area (Å²) < 4.78 is 28.9. The van der Waals surface area contributed by atoms with Gasteiger partial charge in [0.1, 0.15) is 0 Å². The number of anilines is 1. The van der Waals surface area contributed by atoms with Crippen LogP contribution in [-0.4, -0.2) is 33.5 Å². The molecule has 0 aromatic heterocycles.